The van der Waals surface area contributed by atoms with Crippen molar-refractivity contribution < 1.29 is 31.9 Å². The summed E-state index contributed by atoms with van der Waals surface area (Å²) in [4.78, 5) is 25.8. The lowest BCUT2D eigenvalue weighted by Crippen LogP contribution is -2.36. The van der Waals surface area contributed by atoms with E-state index in [1.807, 2.05) is 0 Å². The van der Waals surface area contributed by atoms with Crippen molar-refractivity contribution in [2.75, 3.05) is 26.7 Å². The smallest absolute Gasteiger partial charge is 0.416 e. The molecule has 1 N–H and O–H groups in total. The molecule has 0 unspecified atom stereocenters. The maximum Gasteiger partial charge on any atom is 0.416 e. The Kier molecular flexibility index (Phi) is 7.19. The molecule has 0 bridgehead atoms. The Morgan fingerprint density at radius 2 is 1.83 bits per heavy atom. The van der Waals surface area contributed by atoms with Crippen molar-refractivity contribution in [2.45, 2.75) is 13.1 Å². The number of hydrogen-bond acceptors (Lipinski definition) is 3. The Morgan fingerprint density at radius 3 is 2.48 bits per heavy atom. The molecular formula is C20H20F4N2O3. The second kappa shape index (κ2) is 9.40. The van der Waals surface area contributed by atoms with Crippen LogP contribution >= 0.6 is 0 Å². The van der Waals surface area contributed by atoms with Crippen LogP contribution in [0.25, 0.3) is 0 Å². The van der Waals surface area contributed by atoms with Crippen LogP contribution in [0.2, 0.25) is 0 Å². The third-order valence-corrected chi connectivity index (χ3v) is 4.02. The lowest BCUT2D eigenvalue weighted by molar-refractivity contribution is -0.137. The van der Waals surface area contributed by atoms with Crippen LogP contribution in [0.3, 0.4) is 0 Å². The summed E-state index contributed by atoms with van der Waals surface area (Å²) in [6, 6.07) is 8.05. The highest BCUT2D eigenvalue weighted by atomic mass is 19.4. The maximum atomic E-state index is 13.8. The van der Waals surface area contributed by atoms with Gasteiger partial charge in [0.15, 0.2) is 11.6 Å². The molecule has 0 heterocycles. The summed E-state index contributed by atoms with van der Waals surface area (Å²) in [7, 11) is 1.41. The Hall–Kier alpha value is -3.10. The molecule has 2 aromatic rings. The number of hydrogen-bond donors (Lipinski definition) is 1. The molecule has 0 saturated carbocycles. The summed E-state index contributed by atoms with van der Waals surface area (Å²) >= 11 is 0. The predicted octanol–water partition coefficient (Wildman–Crippen LogP) is 3.75. The quantitative estimate of drug-likeness (QED) is 0.705. The van der Waals surface area contributed by atoms with Crippen molar-refractivity contribution in [2.24, 2.45) is 0 Å². The molecule has 29 heavy (non-hydrogen) atoms. The summed E-state index contributed by atoms with van der Waals surface area (Å²) in [5.41, 5.74) is -1.02. The number of alkyl halides is 3. The number of halogens is 4. The first-order chi connectivity index (χ1) is 13.6. The third kappa shape index (κ3) is 5.69. The average molecular weight is 412 g/mol. The number of nitrogens with zero attached hydrogens (tertiary/aromatic N) is 1. The number of likely N-dealkylation sites (N-methyl/N-ethyl adjacent to an activating group) is 1. The highest BCUT2D eigenvalue weighted by Crippen LogP contribution is 2.29. The molecule has 5 nitrogen and oxygen atoms in total. The Labute approximate surface area is 165 Å². The molecule has 2 amide bonds. The van der Waals surface area contributed by atoms with Gasteiger partial charge in [0.1, 0.15) is 0 Å². The molecule has 0 aliphatic heterocycles. The van der Waals surface area contributed by atoms with E-state index >= 15 is 0 Å². The van der Waals surface area contributed by atoms with Gasteiger partial charge in [-0.05, 0) is 37.3 Å². The fourth-order valence-electron chi connectivity index (χ4n) is 2.56. The van der Waals surface area contributed by atoms with E-state index in [2.05, 4.69) is 5.32 Å². The largest absolute Gasteiger partial charge is 0.490 e. The van der Waals surface area contributed by atoms with Gasteiger partial charge in [-0.15, -0.1) is 0 Å². The predicted molar refractivity (Wildman–Crippen MR) is 98.3 cm³/mol. The van der Waals surface area contributed by atoms with Gasteiger partial charge in [-0.25, -0.2) is 4.39 Å². The molecule has 0 radical (unpaired) electrons. The molecule has 2 rings (SSSR count). The van der Waals surface area contributed by atoms with Gasteiger partial charge in [0.2, 0.25) is 0 Å². The molecule has 0 spiro atoms. The number of ether oxygens (including phenoxy) is 1. The zero-order valence-corrected chi connectivity index (χ0v) is 15.8. The molecule has 0 aliphatic rings. The van der Waals surface area contributed by atoms with Crippen LogP contribution in [0.15, 0.2) is 42.5 Å². The van der Waals surface area contributed by atoms with Crippen LogP contribution in [0.5, 0.6) is 5.75 Å². The van der Waals surface area contributed by atoms with E-state index in [1.54, 1.807) is 6.92 Å². The Bertz CT molecular complexity index is 884. The normalized spacial score (nSPS) is 11.1. The van der Waals surface area contributed by atoms with Crippen molar-refractivity contribution >= 4 is 11.8 Å². The minimum absolute atomic E-state index is 0.0127. The van der Waals surface area contributed by atoms with Crippen LogP contribution in [0, 0.1) is 5.82 Å². The van der Waals surface area contributed by atoms with Gasteiger partial charge in [0.25, 0.3) is 11.8 Å². The van der Waals surface area contributed by atoms with Crippen LogP contribution in [0.4, 0.5) is 17.6 Å². The van der Waals surface area contributed by atoms with Crippen LogP contribution in [-0.2, 0) is 6.18 Å². The number of carbonyl (C=O) groups excluding carboxylic acids is 2. The van der Waals surface area contributed by atoms with E-state index in [1.165, 1.54) is 36.2 Å². The van der Waals surface area contributed by atoms with Crippen molar-refractivity contribution in [3.8, 4) is 5.75 Å². The molecule has 0 saturated heterocycles. The summed E-state index contributed by atoms with van der Waals surface area (Å²) in [6.45, 7) is 1.89. The molecule has 2 aromatic carbocycles. The first kappa shape index (κ1) is 22.2. The number of para-hydroxylation sites is 1. The number of nitrogens with one attached hydrogen (secondary N) is 1. The van der Waals surface area contributed by atoms with Gasteiger partial charge >= 0.3 is 6.18 Å². The van der Waals surface area contributed by atoms with E-state index < -0.39 is 29.4 Å². The fraction of sp³-hybridized carbons (Fsp3) is 0.300. The van der Waals surface area contributed by atoms with Crippen molar-refractivity contribution in [3.63, 3.8) is 0 Å². The second-order valence-electron chi connectivity index (χ2n) is 6.11. The van der Waals surface area contributed by atoms with E-state index in [-0.39, 0.29) is 36.6 Å². The monoisotopic (exact) mass is 412 g/mol. The standard InChI is InChI=1S/C20H20F4N2O3/c1-3-29-17-15(8-5-9-16(17)21)18(27)25-10-11-26(2)19(28)13-6-4-7-14(12-13)20(22,23)24/h4-9,12H,3,10-11H2,1-2H3,(H,25,27). The summed E-state index contributed by atoms with van der Waals surface area (Å²) < 4.78 is 57.4. The fourth-order valence-corrected chi connectivity index (χ4v) is 2.56. The SMILES string of the molecule is CCOc1c(F)cccc1C(=O)NCCN(C)C(=O)c1cccc(C(F)(F)F)c1. The molecule has 156 valence electrons. The van der Waals surface area contributed by atoms with E-state index in [0.717, 1.165) is 18.2 Å². The summed E-state index contributed by atoms with van der Waals surface area (Å²) in [5, 5.41) is 2.54. The topological polar surface area (TPSA) is 58.6 Å². The number of amides is 2. The van der Waals surface area contributed by atoms with Crippen LogP contribution < -0.4 is 10.1 Å². The van der Waals surface area contributed by atoms with Crippen molar-refractivity contribution in [1.82, 2.24) is 10.2 Å². The van der Waals surface area contributed by atoms with E-state index in [9.17, 15) is 27.2 Å². The van der Waals surface area contributed by atoms with Gasteiger partial charge in [-0.2, -0.15) is 13.2 Å². The first-order valence-corrected chi connectivity index (χ1v) is 8.77. The number of benzene rings is 2. The molecule has 0 aromatic heterocycles. The van der Waals surface area contributed by atoms with Gasteiger partial charge in [0, 0.05) is 25.7 Å². The lowest BCUT2D eigenvalue weighted by Gasteiger charge is -2.18. The first-order valence-electron chi connectivity index (χ1n) is 8.77. The summed E-state index contributed by atoms with van der Waals surface area (Å²) in [6.07, 6.45) is -4.55. The zero-order valence-electron chi connectivity index (χ0n) is 15.8. The lowest BCUT2D eigenvalue weighted by atomic mass is 10.1. The molecule has 0 aliphatic carbocycles. The highest BCUT2D eigenvalue weighted by Gasteiger charge is 2.31. The van der Waals surface area contributed by atoms with Gasteiger partial charge in [0.05, 0.1) is 17.7 Å². The minimum atomic E-state index is -4.55. The third-order valence-electron chi connectivity index (χ3n) is 4.02. The number of carbonyl (C=O) groups is 2. The maximum absolute atomic E-state index is 13.8. The molecule has 9 heteroatoms. The van der Waals surface area contributed by atoms with Gasteiger partial charge in [-0.3, -0.25) is 9.59 Å². The zero-order chi connectivity index (χ0) is 21.6. The molecule has 0 atom stereocenters. The molecule has 0 fully saturated rings. The van der Waals surface area contributed by atoms with Crippen LogP contribution in [-0.4, -0.2) is 43.5 Å². The number of rotatable bonds is 7. The van der Waals surface area contributed by atoms with Gasteiger partial charge in [-0.1, -0.05) is 12.1 Å². The Morgan fingerprint density at radius 1 is 1.14 bits per heavy atom. The second-order valence-corrected chi connectivity index (χ2v) is 6.11. The summed E-state index contributed by atoms with van der Waals surface area (Å²) in [5.74, 6) is -2.05. The highest BCUT2D eigenvalue weighted by molar-refractivity contribution is 5.97. The minimum Gasteiger partial charge on any atom is -0.490 e. The average Bonchev–Trinajstić information content (AvgIpc) is 2.68. The Balaban J connectivity index is 1.98. The van der Waals surface area contributed by atoms with Crippen molar-refractivity contribution in [1.29, 1.82) is 0 Å². The van der Waals surface area contributed by atoms with Gasteiger partial charge < -0.3 is 15.0 Å². The molecular weight excluding hydrogens is 392 g/mol. The van der Waals surface area contributed by atoms with E-state index in [0.29, 0.717) is 0 Å². The van der Waals surface area contributed by atoms with Crippen LogP contribution in [0.1, 0.15) is 33.2 Å². The van der Waals surface area contributed by atoms with Crippen molar-refractivity contribution in [3.05, 3.63) is 65.0 Å². The van der Waals surface area contributed by atoms with E-state index in [4.69, 9.17) is 4.74 Å².